The predicted molar refractivity (Wildman–Crippen MR) is 138 cm³/mol. The maximum Gasteiger partial charge on any atom is 0.424 e. The van der Waals surface area contributed by atoms with Crippen LogP contribution in [0.15, 0.2) is 30.3 Å². The third-order valence-corrected chi connectivity index (χ3v) is 7.14. The lowest BCUT2D eigenvalue weighted by molar-refractivity contribution is -0.131. The van der Waals surface area contributed by atoms with Crippen molar-refractivity contribution in [3.63, 3.8) is 0 Å². The zero-order valence-electron chi connectivity index (χ0n) is 21.3. The molecule has 0 saturated carbocycles. The molecule has 0 radical (unpaired) electrons. The topological polar surface area (TPSA) is 235 Å². The van der Waals surface area contributed by atoms with E-state index in [9.17, 15) is 32.7 Å². The Morgan fingerprint density at radius 3 is 2.34 bits per heavy atom. The van der Waals surface area contributed by atoms with Crippen LogP contribution in [0, 0.1) is 5.41 Å². The second kappa shape index (κ2) is 15.6. The maximum absolute atomic E-state index is 13.1. The molecule has 212 valence electrons. The van der Waals surface area contributed by atoms with Gasteiger partial charge in [-0.1, -0.05) is 30.3 Å². The van der Waals surface area contributed by atoms with Crippen molar-refractivity contribution in [1.29, 1.82) is 5.41 Å². The summed E-state index contributed by atoms with van der Waals surface area (Å²) < 4.78 is 31.3. The van der Waals surface area contributed by atoms with Crippen molar-refractivity contribution in [2.75, 3.05) is 19.0 Å². The summed E-state index contributed by atoms with van der Waals surface area (Å²) >= 11 is 0. The van der Waals surface area contributed by atoms with Crippen molar-refractivity contribution in [3.05, 3.63) is 35.9 Å². The zero-order valence-corrected chi connectivity index (χ0v) is 22.1. The van der Waals surface area contributed by atoms with Gasteiger partial charge in [-0.15, -0.1) is 0 Å². The molecule has 1 rings (SSSR count). The summed E-state index contributed by atoms with van der Waals surface area (Å²) in [5.41, 5.74) is 11.6. The van der Waals surface area contributed by atoms with Crippen molar-refractivity contribution in [2.24, 2.45) is 11.5 Å². The number of ketones is 1. The van der Waals surface area contributed by atoms with E-state index >= 15 is 0 Å². The van der Waals surface area contributed by atoms with Crippen LogP contribution in [-0.2, 0) is 35.6 Å². The van der Waals surface area contributed by atoms with Gasteiger partial charge in [0.1, 0.15) is 6.29 Å². The number of hydrogen-bond donors (Lipinski definition) is 6. The molecular formula is C23H36N6O8S. The minimum Gasteiger partial charge on any atom is -0.449 e. The Bertz CT molecular complexity index is 1070. The molecular weight excluding hydrogens is 520 g/mol. The minimum absolute atomic E-state index is 0.00474. The lowest BCUT2D eigenvalue weighted by Gasteiger charge is -2.29. The van der Waals surface area contributed by atoms with Gasteiger partial charge < -0.3 is 36.7 Å². The van der Waals surface area contributed by atoms with Crippen molar-refractivity contribution in [2.45, 2.75) is 57.3 Å². The summed E-state index contributed by atoms with van der Waals surface area (Å²) in [4.78, 5) is 49.4. The quantitative estimate of drug-likeness (QED) is 0.0787. The molecule has 1 aromatic rings. The number of rotatable bonds is 16. The van der Waals surface area contributed by atoms with Crippen LogP contribution in [-0.4, -0.2) is 91.0 Å². The highest BCUT2D eigenvalue weighted by Gasteiger charge is 2.40. The summed E-state index contributed by atoms with van der Waals surface area (Å²) in [6.45, 7) is 1.46. The van der Waals surface area contributed by atoms with Gasteiger partial charge in [0.25, 0.3) is 0 Å². The lowest BCUT2D eigenvalue weighted by Crippen LogP contribution is -2.58. The number of aldehydes is 1. The minimum atomic E-state index is -4.46. The van der Waals surface area contributed by atoms with Crippen LogP contribution < -0.4 is 22.1 Å². The zero-order chi connectivity index (χ0) is 28.9. The number of ether oxygens (including phenoxy) is 1. The summed E-state index contributed by atoms with van der Waals surface area (Å²) in [7, 11) is -4.46. The number of nitrogens with zero attached hydrogens (tertiary/aromatic N) is 1. The Morgan fingerprint density at radius 1 is 1.18 bits per heavy atom. The number of guanidine groups is 1. The first-order valence-electron chi connectivity index (χ1n) is 11.9. The third-order valence-electron chi connectivity index (χ3n) is 5.42. The fourth-order valence-corrected chi connectivity index (χ4v) is 4.98. The molecule has 8 N–H and O–H groups in total. The van der Waals surface area contributed by atoms with Gasteiger partial charge in [0.15, 0.2) is 17.8 Å². The van der Waals surface area contributed by atoms with E-state index in [-0.39, 0.29) is 30.2 Å². The first-order chi connectivity index (χ1) is 17.9. The van der Waals surface area contributed by atoms with Gasteiger partial charge in [0.05, 0.1) is 37.1 Å². The molecule has 0 heterocycles. The fraction of sp³-hybridized carbons (Fsp3) is 0.522. The van der Waals surface area contributed by atoms with Crippen molar-refractivity contribution >= 4 is 40.1 Å². The molecule has 0 aliphatic heterocycles. The van der Waals surface area contributed by atoms with Gasteiger partial charge >= 0.3 is 6.09 Å². The smallest absolute Gasteiger partial charge is 0.424 e. The molecule has 1 aromatic carbocycles. The number of carbonyl (C=O) groups is 4. The van der Waals surface area contributed by atoms with E-state index in [1.54, 1.807) is 30.3 Å². The monoisotopic (exact) mass is 556 g/mol. The second-order valence-electron chi connectivity index (χ2n) is 8.37. The molecule has 38 heavy (non-hydrogen) atoms. The van der Waals surface area contributed by atoms with E-state index in [0.717, 1.165) is 0 Å². The molecule has 0 aliphatic carbocycles. The van der Waals surface area contributed by atoms with Gasteiger partial charge in [-0.05, 0) is 38.7 Å². The van der Waals surface area contributed by atoms with Crippen LogP contribution in [0.1, 0.15) is 32.3 Å². The number of aliphatic hydroxyl groups is 1. The molecule has 2 amide bonds. The van der Waals surface area contributed by atoms with Crippen molar-refractivity contribution in [1.82, 2.24) is 14.9 Å². The van der Waals surface area contributed by atoms with E-state index in [0.29, 0.717) is 11.8 Å². The number of aryl methyl sites for hydroxylation is 1. The number of Topliss-reactive ketones (excluding diaryl/α,β-unsaturated/α-hetero) is 1. The highest BCUT2D eigenvalue weighted by Crippen LogP contribution is 2.14. The molecule has 4 atom stereocenters. The van der Waals surface area contributed by atoms with Crippen LogP contribution >= 0.6 is 0 Å². The van der Waals surface area contributed by atoms with Gasteiger partial charge in [0.2, 0.25) is 15.9 Å². The van der Waals surface area contributed by atoms with Crippen LogP contribution in [0.4, 0.5) is 4.79 Å². The molecule has 0 bridgehead atoms. The van der Waals surface area contributed by atoms with Crippen LogP contribution in [0.2, 0.25) is 0 Å². The van der Waals surface area contributed by atoms with E-state index in [1.165, 1.54) is 13.8 Å². The Labute approximate surface area is 221 Å². The average molecular weight is 557 g/mol. The molecule has 14 nitrogen and oxygen atoms in total. The molecule has 15 heteroatoms. The second-order valence-corrected chi connectivity index (χ2v) is 10.3. The number of nitrogens with two attached hydrogens (primary N) is 2. The molecule has 0 aliphatic rings. The fourth-order valence-electron chi connectivity index (χ4n) is 3.46. The molecule has 0 fully saturated rings. The molecule has 1 unspecified atom stereocenters. The average Bonchev–Trinajstić information content (AvgIpc) is 2.87. The molecule has 0 saturated heterocycles. The summed E-state index contributed by atoms with van der Waals surface area (Å²) in [5, 5.41) is 22.1. The first kappa shape index (κ1) is 32.5. The number of amides is 2. The Morgan fingerprint density at radius 2 is 1.82 bits per heavy atom. The largest absolute Gasteiger partial charge is 0.449 e. The van der Waals surface area contributed by atoms with Crippen molar-refractivity contribution in [3.8, 4) is 0 Å². The summed E-state index contributed by atoms with van der Waals surface area (Å²) in [5.74, 6) is -2.88. The molecule has 0 spiro atoms. The summed E-state index contributed by atoms with van der Waals surface area (Å²) in [6, 6.07) is 3.43. The van der Waals surface area contributed by atoms with Gasteiger partial charge in [-0.3, -0.25) is 15.0 Å². The summed E-state index contributed by atoms with van der Waals surface area (Å²) in [6.07, 6.45) is -0.752. The van der Waals surface area contributed by atoms with E-state index < -0.39 is 70.3 Å². The highest BCUT2D eigenvalue weighted by molar-refractivity contribution is 7.89. The van der Waals surface area contributed by atoms with Gasteiger partial charge in [-0.2, -0.15) is 4.31 Å². The predicted octanol–water partition coefficient (Wildman–Crippen LogP) is -1.39. The Hall–Kier alpha value is -3.56. The first-order valence-corrected chi connectivity index (χ1v) is 13.5. The van der Waals surface area contributed by atoms with Crippen LogP contribution in [0.25, 0.3) is 0 Å². The third kappa shape index (κ3) is 10.1. The van der Waals surface area contributed by atoms with Crippen LogP contribution in [0.5, 0.6) is 0 Å². The number of sulfonamides is 1. The normalized spacial score (nSPS) is 14.3. The number of hydrogen-bond acceptors (Lipinski definition) is 10. The standard InChI is InChI=1S/C23H36N6O8S/c1-3-37-23(34)29(38(35,36)12-11-16-7-5-4-6-8-16)19(14-31)21(33)27-15(2)20(32)18(28-22(25)26)10-9-17(24)13-30/h4-8,13,15,17-19,31H,3,9-12,14,24H2,1-2H3,(H,27,33)(H4,25,26,28)/t15-,17-,18?,19-/m0/s1. The maximum atomic E-state index is 13.1. The van der Waals surface area contributed by atoms with Crippen LogP contribution in [0.3, 0.4) is 0 Å². The van der Waals surface area contributed by atoms with Crippen molar-refractivity contribution < 1.29 is 37.4 Å². The molecule has 0 aromatic heterocycles. The number of carbonyl (C=O) groups excluding carboxylic acids is 4. The van der Waals surface area contributed by atoms with E-state index in [4.69, 9.17) is 21.6 Å². The van der Waals surface area contributed by atoms with Gasteiger partial charge in [0, 0.05) is 0 Å². The SMILES string of the molecule is CCOC(=O)N([C@@H](CO)C(=O)N[C@@H](C)C(=O)C(CC[C@H](N)C=O)NC(=N)N)S(=O)(=O)CCc1ccccc1. The van der Waals surface area contributed by atoms with E-state index in [2.05, 4.69) is 10.6 Å². The highest BCUT2D eigenvalue weighted by atomic mass is 32.2. The number of benzene rings is 1. The van der Waals surface area contributed by atoms with E-state index in [1.807, 2.05) is 0 Å². The lowest BCUT2D eigenvalue weighted by atomic mass is 9.99. The number of aliphatic hydroxyl groups excluding tert-OH is 1. The Kier molecular flexibility index (Phi) is 13.4. The van der Waals surface area contributed by atoms with Gasteiger partial charge in [-0.25, -0.2) is 13.2 Å². The number of nitrogens with one attached hydrogen (secondary N) is 3. The Balaban J connectivity index is 3.12.